The number of carbonyl (C=O) groups is 1. The number of alkyl halides is 2. The molecule has 0 aliphatic carbocycles. The van der Waals surface area contributed by atoms with Crippen LogP contribution in [0.5, 0.6) is 5.75 Å². The zero-order chi connectivity index (χ0) is 21.8. The monoisotopic (exact) mass is 450 g/mol. The van der Waals surface area contributed by atoms with Crippen LogP contribution in [0.25, 0.3) is 11.1 Å². The Kier molecular flexibility index (Phi) is 7.07. The van der Waals surface area contributed by atoms with Crippen LogP contribution in [-0.2, 0) is 11.2 Å². The van der Waals surface area contributed by atoms with Gasteiger partial charge in [0.25, 0.3) is 0 Å². The van der Waals surface area contributed by atoms with E-state index in [9.17, 15) is 13.6 Å². The second-order valence-corrected chi connectivity index (χ2v) is 8.57. The standard InChI is InChI=1S/C23H25F3N2O2S/c24-13-16-8-10-28-19(23(16)27-31-14-25)12-15-4-3-6-18(22(15)26)17-5-1-2-7-20(17)30-11-9-21(28)29/h1-7,16,19,23,27H,8-14H2. The minimum absolute atomic E-state index is 0.131. The Morgan fingerprint density at radius 3 is 2.74 bits per heavy atom. The van der Waals surface area contributed by atoms with Gasteiger partial charge in [0.05, 0.1) is 25.7 Å². The van der Waals surface area contributed by atoms with Gasteiger partial charge in [-0.25, -0.2) is 8.78 Å². The van der Waals surface area contributed by atoms with Crippen LogP contribution < -0.4 is 9.46 Å². The van der Waals surface area contributed by atoms with Crippen molar-refractivity contribution in [2.75, 3.05) is 25.8 Å². The predicted octanol–water partition coefficient (Wildman–Crippen LogP) is 4.54. The van der Waals surface area contributed by atoms with Crippen molar-refractivity contribution in [3.63, 3.8) is 0 Å². The number of amides is 1. The molecule has 2 aliphatic rings. The predicted molar refractivity (Wildman–Crippen MR) is 116 cm³/mol. The van der Waals surface area contributed by atoms with Crippen molar-refractivity contribution < 1.29 is 22.7 Å². The molecular weight excluding hydrogens is 425 g/mol. The van der Waals surface area contributed by atoms with Crippen LogP contribution in [0.15, 0.2) is 42.5 Å². The number of rotatable bonds is 4. The number of halogens is 3. The van der Waals surface area contributed by atoms with Crippen LogP contribution in [0.4, 0.5) is 13.2 Å². The van der Waals surface area contributed by atoms with Crippen molar-refractivity contribution in [3.8, 4) is 16.9 Å². The average Bonchev–Trinajstić information content (AvgIpc) is 2.79. The zero-order valence-electron chi connectivity index (χ0n) is 17.0. The molecule has 1 fully saturated rings. The second-order valence-electron chi connectivity index (χ2n) is 7.83. The minimum Gasteiger partial charge on any atom is -0.492 e. The van der Waals surface area contributed by atoms with Gasteiger partial charge in [0.2, 0.25) is 5.91 Å². The molecule has 0 saturated carbocycles. The molecule has 1 amide bonds. The van der Waals surface area contributed by atoms with E-state index in [-0.39, 0.29) is 37.1 Å². The molecule has 4 nitrogen and oxygen atoms in total. The minimum atomic E-state index is -0.676. The maximum Gasteiger partial charge on any atom is 0.226 e. The summed E-state index contributed by atoms with van der Waals surface area (Å²) in [5.41, 5.74) is 1.49. The summed E-state index contributed by atoms with van der Waals surface area (Å²) in [5.74, 6) is -0.359. The first-order valence-corrected chi connectivity index (χ1v) is 11.4. The second kappa shape index (κ2) is 9.96. The number of hydrogen-bond acceptors (Lipinski definition) is 4. The first kappa shape index (κ1) is 22.0. The normalized spacial score (nSPS) is 23.8. The van der Waals surface area contributed by atoms with E-state index in [0.29, 0.717) is 35.4 Å². The number of piperidine rings is 1. The Hall–Kier alpha value is -2.19. The summed E-state index contributed by atoms with van der Waals surface area (Å²) in [6.45, 7) is -0.0409. The maximum absolute atomic E-state index is 15.6. The number of para-hydroxylation sites is 1. The highest BCUT2D eigenvalue weighted by molar-refractivity contribution is 7.97. The molecule has 2 aliphatic heterocycles. The Labute approximate surface area is 184 Å². The van der Waals surface area contributed by atoms with Crippen LogP contribution in [0, 0.1) is 11.7 Å². The highest BCUT2D eigenvalue weighted by atomic mass is 32.2. The summed E-state index contributed by atoms with van der Waals surface area (Å²) < 4.78 is 51.1. The Bertz CT molecular complexity index is 929. The van der Waals surface area contributed by atoms with E-state index in [4.69, 9.17) is 4.74 Å². The molecule has 0 aromatic heterocycles. The lowest BCUT2D eigenvalue weighted by atomic mass is 9.83. The van der Waals surface area contributed by atoms with Gasteiger partial charge in [-0.05, 0) is 36.4 Å². The Morgan fingerprint density at radius 1 is 1.13 bits per heavy atom. The zero-order valence-corrected chi connectivity index (χ0v) is 17.8. The highest BCUT2D eigenvalue weighted by Gasteiger charge is 2.40. The molecule has 2 aromatic carbocycles. The smallest absolute Gasteiger partial charge is 0.226 e. The van der Waals surface area contributed by atoms with Gasteiger partial charge in [-0.3, -0.25) is 13.9 Å². The van der Waals surface area contributed by atoms with Gasteiger partial charge in [0, 0.05) is 29.6 Å². The topological polar surface area (TPSA) is 41.6 Å². The molecule has 1 saturated heterocycles. The fourth-order valence-corrected chi connectivity index (χ4v) is 5.16. The van der Waals surface area contributed by atoms with Crippen LogP contribution >= 0.6 is 11.9 Å². The molecule has 4 rings (SSSR count). The lowest BCUT2D eigenvalue weighted by Gasteiger charge is -2.45. The van der Waals surface area contributed by atoms with Crippen molar-refractivity contribution in [1.82, 2.24) is 9.62 Å². The molecule has 2 heterocycles. The van der Waals surface area contributed by atoms with Crippen molar-refractivity contribution in [1.29, 1.82) is 0 Å². The van der Waals surface area contributed by atoms with Gasteiger partial charge in [0.15, 0.2) is 0 Å². The number of carbonyl (C=O) groups excluding carboxylic acids is 1. The number of nitrogens with zero attached hydrogens (tertiary/aromatic N) is 1. The van der Waals surface area contributed by atoms with E-state index >= 15 is 4.39 Å². The van der Waals surface area contributed by atoms with E-state index in [1.807, 2.05) is 12.1 Å². The van der Waals surface area contributed by atoms with Crippen molar-refractivity contribution in [2.45, 2.75) is 31.3 Å². The molecule has 31 heavy (non-hydrogen) atoms. The largest absolute Gasteiger partial charge is 0.492 e. The average molecular weight is 451 g/mol. The van der Waals surface area contributed by atoms with Crippen LogP contribution in [-0.4, -0.2) is 48.7 Å². The number of benzene rings is 2. The highest BCUT2D eigenvalue weighted by Crippen LogP contribution is 2.35. The van der Waals surface area contributed by atoms with Gasteiger partial charge in [-0.2, -0.15) is 0 Å². The molecule has 3 unspecified atom stereocenters. The fraction of sp³-hybridized carbons (Fsp3) is 0.435. The van der Waals surface area contributed by atoms with E-state index in [1.54, 1.807) is 35.2 Å². The van der Waals surface area contributed by atoms with Crippen LogP contribution in [0.3, 0.4) is 0 Å². The maximum atomic E-state index is 15.6. The number of nitrogens with one attached hydrogen (secondary N) is 1. The van der Waals surface area contributed by atoms with Crippen molar-refractivity contribution in [3.05, 3.63) is 53.8 Å². The quantitative estimate of drug-likeness (QED) is 0.695. The molecule has 0 radical (unpaired) electrons. The van der Waals surface area contributed by atoms with E-state index in [1.165, 1.54) is 0 Å². The van der Waals surface area contributed by atoms with Gasteiger partial charge in [-0.1, -0.05) is 36.4 Å². The molecular formula is C23H25F3N2O2S. The summed E-state index contributed by atoms with van der Waals surface area (Å²) >= 11 is 0.849. The van der Waals surface area contributed by atoms with Crippen molar-refractivity contribution in [2.24, 2.45) is 5.92 Å². The number of fused-ring (bicyclic) bond motifs is 5. The molecule has 1 N–H and O–H groups in total. The Morgan fingerprint density at radius 2 is 1.94 bits per heavy atom. The summed E-state index contributed by atoms with van der Waals surface area (Å²) in [6.07, 6.45) is 0.843. The third-order valence-corrected chi connectivity index (χ3v) is 6.66. The number of hydrogen-bond donors (Lipinski definition) is 1. The molecule has 2 aromatic rings. The van der Waals surface area contributed by atoms with Gasteiger partial charge in [0.1, 0.15) is 17.6 Å². The van der Waals surface area contributed by atoms with Crippen molar-refractivity contribution >= 4 is 17.9 Å². The molecule has 0 spiro atoms. The molecule has 8 heteroatoms. The van der Waals surface area contributed by atoms with E-state index in [2.05, 4.69) is 4.72 Å². The molecule has 2 bridgehead atoms. The lowest BCUT2D eigenvalue weighted by Crippen LogP contribution is -2.60. The summed E-state index contributed by atoms with van der Waals surface area (Å²) in [5, 5.41) is 0. The van der Waals surface area contributed by atoms with Gasteiger partial charge < -0.3 is 9.64 Å². The van der Waals surface area contributed by atoms with E-state index < -0.39 is 24.8 Å². The van der Waals surface area contributed by atoms with Gasteiger partial charge >= 0.3 is 0 Å². The first-order chi connectivity index (χ1) is 15.1. The SMILES string of the molecule is O=C1CCOc2ccccc2-c2cccc(c2F)CC2C(NSCF)C(CF)CCN12. The van der Waals surface area contributed by atoms with Crippen LogP contribution in [0.1, 0.15) is 18.4 Å². The summed E-state index contributed by atoms with van der Waals surface area (Å²) in [4.78, 5) is 14.7. The summed E-state index contributed by atoms with van der Waals surface area (Å²) in [7, 11) is 0. The van der Waals surface area contributed by atoms with Crippen LogP contribution in [0.2, 0.25) is 0 Å². The summed E-state index contributed by atoms with van der Waals surface area (Å²) in [6, 6.07) is 10.7. The first-order valence-electron chi connectivity index (χ1n) is 10.4. The molecule has 3 atom stereocenters. The number of ether oxygens (including phenoxy) is 1. The molecule has 166 valence electrons. The third-order valence-electron chi connectivity index (χ3n) is 6.11. The Balaban J connectivity index is 1.78. The fourth-order valence-electron chi connectivity index (χ4n) is 4.56. The van der Waals surface area contributed by atoms with Gasteiger partial charge in [-0.15, -0.1) is 0 Å². The third kappa shape index (κ3) is 4.55. The lowest BCUT2D eigenvalue weighted by molar-refractivity contribution is -0.137. The van der Waals surface area contributed by atoms with E-state index in [0.717, 1.165) is 11.9 Å².